The summed E-state index contributed by atoms with van der Waals surface area (Å²) in [5.41, 5.74) is 0.707. The van der Waals surface area contributed by atoms with Gasteiger partial charge in [0.15, 0.2) is 5.82 Å². The van der Waals surface area contributed by atoms with Gasteiger partial charge in [-0.05, 0) is 12.0 Å². The van der Waals surface area contributed by atoms with Crippen LogP contribution in [0, 0.1) is 5.92 Å². The Morgan fingerprint density at radius 2 is 2.24 bits per heavy atom. The van der Waals surface area contributed by atoms with Crippen molar-refractivity contribution in [2.75, 3.05) is 17.7 Å². The molecule has 0 bridgehead atoms. The lowest BCUT2D eigenvalue weighted by molar-refractivity contribution is -0.116. The standard InChI is InChI=1S/C12H17N3O2/c1-7(2)9-6-10(16)13-8-4-5-11(17-3)15-12(8)14-9/h4-5,7,9H,6H2,1-3H3,(H,13,16)(H,14,15). The highest BCUT2D eigenvalue weighted by Gasteiger charge is 2.24. The molecule has 0 saturated heterocycles. The second kappa shape index (κ2) is 4.61. The van der Waals surface area contributed by atoms with Crippen LogP contribution >= 0.6 is 0 Å². The smallest absolute Gasteiger partial charge is 0.226 e. The summed E-state index contributed by atoms with van der Waals surface area (Å²) >= 11 is 0. The number of pyridine rings is 1. The van der Waals surface area contributed by atoms with E-state index in [1.54, 1.807) is 19.2 Å². The molecule has 1 aromatic heterocycles. The number of hydrogen-bond donors (Lipinski definition) is 2. The predicted molar refractivity (Wildman–Crippen MR) is 66.3 cm³/mol. The Balaban J connectivity index is 2.35. The Morgan fingerprint density at radius 3 is 2.88 bits per heavy atom. The predicted octanol–water partition coefficient (Wildman–Crippen LogP) is 1.87. The zero-order chi connectivity index (χ0) is 12.4. The van der Waals surface area contributed by atoms with Gasteiger partial charge in [-0.3, -0.25) is 4.79 Å². The maximum Gasteiger partial charge on any atom is 0.226 e. The van der Waals surface area contributed by atoms with Crippen LogP contribution < -0.4 is 15.4 Å². The average molecular weight is 235 g/mol. The van der Waals surface area contributed by atoms with Gasteiger partial charge in [-0.2, -0.15) is 4.98 Å². The summed E-state index contributed by atoms with van der Waals surface area (Å²) in [6, 6.07) is 3.63. The second-order valence-electron chi connectivity index (χ2n) is 4.50. The van der Waals surface area contributed by atoms with E-state index in [9.17, 15) is 4.79 Å². The Morgan fingerprint density at radius 1 is 1.47 bits per heavy atom. The molecule has 17 heavy (non-hydrogen) atoms. The molecule has 1 aliphatic heterocycles. The van der Waals surface area contributed by atoms with Gasteiger partial charge in [0.05, 0.1) is 12.8 Å². The third kappa shape index (κ3) is 2.49. The van der Waals surface area contributed by atoms with Gasteiger partial charge in [0.2, 0.25) is 11.8 Å². The number of hydrogen-bond acceptors (Lipinski definition) is 4. The lowest BCUT2D eigenvalue weighted by atomic mass is 10.0. The number of nitrogens with one attached hydrogen (secondary N) is 2. The topological polar surface area (TPSA) is 63.2 Å². The van der Waals surface area contributed by atoms with E-state index in [4.69, 9.17) is 4.74 Å². The number of carbonyl (C=O) groups excluding carboxylic acids is 1. The molecule has 5 nitrogen and oxygen atoms in total. The van der Waals surface area contributed by atoms with Gasteiger partial charge in [0.1, 0.15) is 0 Å². The third-order valence-electron chi connectivity index (χ3n) is 2.89. The second-order valence-corrected chi connectivity index (χ2v) is 4.50. The van der Waals surface area contributed by atoms with Crippen molar-refractivity contribution in [1.82, 2.24) is 4.98 Å². The van der Waals surface area contributed by atoms with Crippen molar-refractivity contribution in [3.8, 4) is 5.88 Å². The Kier molecular flexibility index (Phi) is 3.17. The zero-order valence-electron chi connectivity index (χ0n) is 10.3. The van der Waals surface area contributed by atoms with E-state index in [1.807, 2.05) is 0 Å². The van der Waals surface area contributed by atoms with Crippen LogP contribution in [-0.4, -0.2) is 24.0 Å². The monoisotopic (exact) mass is 235 g/mol. The number of fused-ring (bicyclic) bond motifs is 1. The van der Waals surface area contributed by atoms with Gasteiger partial charge in [-0.1, -0.05) is 13.8 Å². The quantitative estimate of drug-likeness (QED) is 0.821. The average Bonchev–Trinajstić information content (AvgIpc) is 2.46. The first-order valence-electron chi connectivity index (χ1n) is 5.71. The van der Waals surface area contributed by atoms with Crippen molar-refractivity contribution in [2.45, 2.75) is 26.3 Å². The van der Waals surface area contributed by atoms with Crippen LogP contribution in [0.2, 0.25) is 0 Å². The highest BCUT2D eigenvalue weighted by molar-refractivity contribution is 5.95. The largest absolute Gasteiger partial charge is 0.481 e. The molecule has 1 aromatic rings. The summed E-state index contributed by atoms with van der Waals surface area (Å²) in [5.74, 6) is 1.59. The van der Waals surface area contributed by atoms with Crippen LogP contribution in [0.4, 0.5) is 11.5 Å². The SMILES string of the molecule is COc1ccc2c(n1)NC(C(C)C)CC(=O)N2. The fourth-order valence-corrected chi connectivity index (χ4v) is 1.80. The summed E-state index contributed by atoms with van der Waals surface area (Å²) in [4.78, 5) is 16.0. The number of methoxy groups -OCH3 is 1. The summed E-state index contributed by atoms with van der Waals surface area (Å²) in [5, 5.41) is 6.13. The number of ether oxygens (including phenoxy) is 1. The van der Waals surface area contributed by atoms with Crippen LogP contribution in [0.3, 0.4) is 0 Å². The molecule has 2 N–H and O–H groups in total. The number of aromatic nitrogens is 1. The zero-order valence-corrected chi connectivity index (χ0v) is 10.3. The Hall–Kier alpha value is -1.78. The van der Waals surface area contributed by atoms with Crippen LogP contribution in [-0.2, 0) is 4.79 Å². The summed E-state index contributed by atoms with van der Waals surface area (Å²) < 4.78 is 5.08. The van der Waals surface area contributed by atoms with E-state index in [0.717, 1.165) is 0 Å². The third-order valence-corrected chi connectivity index (χ3v) is 2.89. The van der Waals surface area contributed by atoms with Crippen molar-refractivity contribution in [2.24, 2.45) is 5.92 Å². The van der Waals surface area contributed by atoms with Crippen molar-refractivity contribution >= 4 is 17.4 Å². The molecule has 0 aliphatic carbocycles. The van der Waals surface area contributed by atoms with E-state index in [2.05, 4.69) is 29.5 Å². The summed E-state index contributed by atoms with van der Waals surface area (Å²) in [7, 11) is 1.57. The molecule has 92 valence electrons. The van der Waals surface area contributed by atoms with E-state index < -0.39 is 0 Å². The summed E-state index contributed by atoms with van der Waals surface area (Å²) in [6.45, 7) is 4.16. The molecule has 2 heterocycles. The minimum absolute atomic E-state index is 0.0157. The van der Waals surface area contributed by atoms with Gasteiger partial charge < -0.3 is 15.4 Å². The number of amides is 1. The highest BCUT2D eigenvalue weighted by Crippen LogP contribution is 2.28. The van der Waals surface area contributed by atoms with Crippen LogP contribution in [0.5, 0.6) is 5.88 Å². The molecular weight excluding hydrogens is 218 g/mol. The molecule has 1 unspecified atom stereocenters. The van der Waals surface area contributed by atoms with Crippen molar-refractivity contribution in [1.29, 1.82) is 0 Å². The molecule has 0 fully saturated rings. The molecule has 0 saturated carbocycles. The normalized spacial score (nSPS) is 19.1. The fraction of sp³-hybridized carbons (Fsp3) is 0.500. The lowest BCUT2D eigenvalue weighted by Crippen LogP contribution is -2.28. The molecule has 0 radical (unpaired) electrons. The molecule has 5 heteroatoms. The Labute approximate surface area is 101 Å². The number of anilines is 2. The summed E-state index contributed by atoms with van der Waals surface area (Å²) in [6.07, 6.45) is 0.455. The highest BCUT2D eigenvalue weighted by atomic mass is 16.5. The van der Waals surface area contributed by atoms with Gasteiger partial charge in [0, 0.05) is 18.5 Å². The Bertz CT molecular complexity index is 432. The van der Waals surface area contributed by atoms with Crippen molar-refractivity contribution in [3.05, 3.63) is 12.1 Å². The van der Waals surface area contributed by atoms with E-state index in [0.29, 0.717) is 29.7 Å². The van der Waals surface area contributed by atoms with Crippen LogP contribution in [0.1, 0.15) is 20.3 Å². The van der Waals surface area contributed by atoms with Crippen molar-refractivity contribution in [3.63, 3.8) is 0 Å². The van der Waals surface area contributed by atoms with Gasteiger partial charge in [0.25, 0.3) is 0 Å². The maximum atomic E-state index is 11.7. The molecule has 1 aliphatic rings. The van der Waals surface area contributed by atoms with Gasteiger partial charge in [-0.15, -0.1) is 0 Å². The number of carbonyl (C=O) groups is 1. The molecule has 1 atom stereocenters. The fourth-order valence-electron chi connectivity index (χ4n) is 1.80. The number of rotatable bonds is 2. The molecule has 0 aromatic carbocycles. The number of nitrogens with zero attached hydrogens (tertiary/aromatic N) is 1. The van der Waals surface area contributed by atoms with E-state index in [1.165, 1.54) is 0 Å². The first-order chi connectivity index (χ1) is 8.10. The van der Waals surface area contributed by atoms with E-state index in [-0.39, 0.29) is 11.9 Å². The van der Waals surface area contributed by atoms with Gasteiger partial charge >= 0.3 is 0 Å². The molecular formula is C12H17N3O2. The van der Waals surface area contributed by atoms with Crippen LogP contribution in [0.15, 0.2) is 12.1 Å². The lowest BCUT2D eigenvalue weighted by Gasteiger charge is -2.19. The first kappa shape index (κ1) is 11.7. The molecule has 1 amide bonds. The van der Waals surface area contributed by atoms with Crippen LogP contribution in [0.25, 0.3) is 0 Å². The molecule has 2 rings (SSSR count). The van der Waals surface area contributed by atoms with Gasteiger partial charge in [-0.25, -0.2) is 0 Å². The minimum Gasteiger partial charge on any atom is -0.481 e. The minimum atomic E-state index is 0.0157. The van der Waals surface area contributed by atoms with Crippen molar-refractivity contribution < 1.29 is 9.53 Å². The maximum absolute atomic E-state index is 11.7. The molecule has 0 spiro atoms. The first-order valence-corrected chi connectivity index (χ1v) is 5.71. The van der Waals surface area contributed by atoms with E-state index >= 15 is 0 Å².